The van der Waals surface area contributed by atoms with Crippen molar-refractivity contribution in [2.45, 2.75) is 70.8 Å². The molecule has 4 fully saturated rings. The van der Waals surface area contributed by atoms with Gasteiger partial charge in [0.1, 0.15) is 18.5 Å². The third-order valence-electron chi connectivity index (χ3n) is 10.2. The number of Topliss-reactive ketones (excluding diaryl/α,β-unsaturated/α-hetero) is 1. The van der Waals surface area contributed by atoms with Crippen molar-refractivity contribution in [3.63, 3.8) is 0 Å². The Morgan fingerprint density at radius 1 is 0.878 bits per heavy atom. The highest BCUT2D eigenvalue weighted by Crippen LogP contribution is 2.60. The summed E-state index contributed by atoms with van der Waals surface area (Å²) in [5, 5.41) is 14.2. The number of rotatable bonds is 14. The van der Waals surface area contributed by atoms with Crippen molar-refractivity contribution in [3.05, 3.63) is 95.6 Å². The maximum absolute atomic E-state index is 13.9. The van der Waals surface area contributed by atoms with Gasteiger partial charge in [-0.05, 0) is 99.1 Å². The molecule has 3 atom stereocenters. The minimum atomic E-state index is -1.67. The van der Waals surface area contributed by atoms with Crippen molar-refractivity contribution in [1.29, 1.82) is 0 Å². The highest BCUT2D eigenvalue weighted by atomic mass is 16.6. The normalized spacial score (nSPS) is 23.9. The molecule has 7 rings (SSSR count). The number of esters is 2. The maximum atomic E-state index is 13.9. The number of benzene rings is 3. The van der Waals surface area contributed by atoms with Gasteiger partial charge in [0.15, 0.2) is 12.0 Å². The number of aliphatic hydroxyl groups excluding tert-OH is 1. The van der Waals surface area contributed by atoms with Crippen LogP contribution in [-0.4, -0.2) is 47.7 Å². The molecule has 0 saturated heterocycles. The zero-order valence-corrected chi connectivity index (χ0v) is 27.7. The van der Waals surface area contributed by atoms with E-state index in [1.807, 2.05) is 30.3 Å². The summed E-state index contributed by atoms with van der Waals surface area (Å²) < 4.78 is 16.7. The quantitative estimate of drug-likeness (QED) is 0.112. The number of nitrogens with two attached hydrogens (primary N) is 1. The monoisotopic (exact) mass is 668 g/mol. The molecule has 4 N–H and O–H groups in total. The minimum Gasteiger partial charge on any atom is -0.489 e. The molecule has 258 valence electrons. The van der Waals surface area contributed by atoms with Gasteiger partial charge in [0.2, 0.25) is 0 Å². The van der Waals surface area contributed by atoms with E-state index >= 15 is 0 Å². The molecule has 4 bridgehead atoms. The van der Waals surface area contributed by atoms with Crippen molar-refractivity contribution in [3.8, 4) is 5.75 Å². The van der Waals surface area contributed by atoms with E-state index in [0.29, 0.717) is 41.4 Å². The number of ketones is 1. The van der Waals surface area contributed by atoms with Crippen LogP contribution in [-0.2, 0) is 25.7 Å². The molecule has 0 heterocycles. The van der Waals surface area contributed by atoms with Crippen LogP contribution >= 0.6 is 0 Å². The molecule has 0 spiro atoms. The number of carbonyl (C=O) groups is 4. The first-order valence-corrected chi connectivity index (χ1v) is 17.1. The number of anilines is 1. The Labute approximate surface area is 286 Å². The molecule has 10 nitrogen and oxygen atoms in total. The van der Waals surface area contributed by atoms with Crippen molar-refractivity contribution in [2.24, 2.45) is 34.8 Å². The van der Waals surface area contributed by atoms with E-state index in [4.69, 9.17) is 19.9 Å². The van der Waals surface area contributed by atoms with Gasteiger partial charge in [0.25, 0.3) is 5.91 Å². The van der Waals surface area contributed by atoms with Crippen LogP contribution in [0.5, 0.6) is 5.75 Å². The lowest BCUT2D eigenvalue weighted by Gasteiger charge is -2.55. The first-order valence-electron chi connectivity index (χ1n) is 17.1. The molecule has 3 aromatic carbocycles. The van der Waals surface area contributed by atoms with Gasteiger partial charge in [-0.2, -0.15) is 0 Å². The number of carbonyl (C=O) groups excluding carboxylic acids is 4. The van der Waals surface area contributed by atoms with E-state index < -0.39 is 53.7 Å². The molecule has 1 amide bonds. The Kier molecular flexibility index (Phi) is 10.5. The topological polar surface area (TPSA) is 154 Å². The van der Waals surface area contributed by atoms with Gasteiger partial charge in [-0.15, -0.1) is 0 Å². The van der Waals surface area contributed by atoms with Crippen LogP contribution in [0.15, 0.2) is 78.9 Å². The van der Waals surface area contributed by atoms with Gasteiger partial charge < -0.3 is 24.6 Å². The number of hydrogen-bond acceptors (Lipinski definition) is 9. The van der Waals surface area contributed by atoms with Crippen molar-refractivity contribution in [1.82, 2.24) is 0 Å². The van der Waals surface area contributed by atoms with Gasteiger partial charge in [0, 0.05) is 16.8 Å². The number of amides is 1. The molecule has 3 aromatic rings. The lowest BCUT2D eigenvalue weighted by molar-refractivity contribution is -0.183. The Morgan fingerprint density at radius 2 is 1.53 bits per heavy atom. The van der Waals surface area contributed by atoms with Gasteiger partial charge in [-0.3, -0.25) is 24.9 Å². The standard InChI is InChI=1S/C39H44N2O8/c1-2-47-33(42)19-32(35(44)36(40)49-38(46)39-20-25-14-26(21-39)16-27(15-25)22-39)34(43)28-10-6-12-30(17-28)41-37(45)29-11-7-13-31(18-29)48-23-24-8-4-3-5-9-24/h3-13,17-18,25-27,32,35-36,44H,2,14-16,19-23,40H2,1H3,(H,41,45)/t25?,26?,27?,32-,35-,36?,39?/m0/s1. The summed E-state index contributed by atoms with van der Waals surface area (Å²) in [5.41, 5.74) is 7.46. The first-order chi connectivity index (χ1) is 23.6. The summed E-state index contributed by atoms with van der Waals surface area (Å²) >= 11 is 0. The second-order valence-electron chi connectivity index (χ2n) is 13.9. The van der Waals surface area contributed by atoms with E-state index in [-0.39, 0.29) is 12.2 Å². The molecule has 4 aliphatic carbocycles. The third-order valence-corrected chi connectivity index (χ3v) is 10.2. The van der Waals surface area contributed by atoms with Gasteiger partial charge in [0.05, 0.1) is 24.4 Å². The van der Waals surface area contributed by atoms with Crippen molar-refractivity contribution >= 4 is 29.3 Å². The van der Waals surface area contributed by atoms with Crippen LogP contribution in [0, 0.1) is 29.1 Å². The Morgan fingerprint density at radius 3 is 2.20 bits per heavy atom. The lowest BCUT2D eigenvalue weighted by atomic mass is 9.49. The van der Waals surface area contributed by atoms with E-state index in [1.165, 1.54) is 12.1 Å². The molecule has 49 heavy (non-hydrogen) atoms. The highest BCUT2D eigenvalue weighted by Gasteiger charge is 2.56. The number of ether oxygens (including phenoxy) is 3. The third kappa shape index (κ3) is 8.03. The summed E-state index contributed by atoms with van der Waals surface area (Å²) in [4.78, 5) is 53.2. The molecule has 0 aromatic heterocycles. The largest absolute Gasteiger partial charge is 0.489 e. The number of hydrogen-bond donors (Lipinski definition) is 3. The molecule has 0 radical (unpaired) electrons. The number of aliphatic hydroxyl groups is 1. The van der Waals surface area contributed by atoms with E-state index in [0.717, 1.165) is 44.1 Å². The van der Waals surface area contributed by atoms with E-state index in [1.54, 1.807) is 43.3 Å². The molecule has 0 aliphatic heterocycles. The average Bonchev–Trinajstić information content (AvgIpc) is 3.09. The van der Waals surface area contributed by atoms with Crippen LogP contribution in [0.25, 0.3) is 0 Å². The zero-order chi connectivity index (χ0) is 34.5. The van der Waals surface area contributed by atoms with Gasteiger partial charge in [-0.25, -0.2) is 0 Å². The van der Waals surface area contributed by atoms with Crippen LogP contribution in [0.1, 0.15) is 78.1 Å². The van der Waals surface area contributed by atoms with Crippen LogP contribution in [0.2, 0.25) is 0 Å². The Bertz CT molecular complexity index is 1640. The zero-order valence-electron chi connectivity index (χ0n) is 27.7. The highest BCUT2D eigenvalue weighted by molar-refractivity contribution is 6.06. The minimum absolute atomic E-state index is 0.0862. The summed E-state index contributed by atoms with van der Waals surface area (Å²) in [7, 11) is 0. The van der Waals surface area contributed by atoms with E-state index in [2.05, 4.69) is 5.32 Å². The Balaban J connectivity index is 1.13. The second kappa shape index (κ2) is 14.9. The predicted molar refractivity (Wildman–Crippen MR) is 181 cm³/mol. The molecule has 10 heteroatoms. The van der Waals surface area contributed by atoms with Gasteiger partial charge in [-0.1, -0.05) is 48.5 Å². The van der Waals surface area contributed by atoms with Crippen LogP contribution in [0.3, 0.4) is 0 Å². The van der Waals surface area contributed by atoms with E-state index in [9.17, 15) is 24.3 Å². The summed E-state index contributed by atoms with van der Waals surface area (Å²) in [5.74, 6) is -1.48. The summed E-state index contributed by atoms with van der Waals surface area (Å²) in [6.45, 7) is 2.07. The first kappa shape index (κ1) is 34.3. The second-order valence-corrected chi connectivity index (χ2v) is 13.9. The Hall–Kier alpha value is -4.54. The number of nitrogens with one attached hydrogen (secondary N) is 1. The lowest BCUT2D eigenvalue weighted by Crippen LogP contribution is -2.54. The van der Waals surface area contributed by atoms with Crippen molar-refractivity contribution < 1.29 is 38.5 Å². The fourth-order valence-corrected chi connectivity index (χ4v) is 8.31. The molecular formula is C39H44N2O8. The predicted octanol–water partition coefficient (Wildman–Crippen LogP) is 5.68. The fraction of sp³-hybridized carbons (Fsp3) is 0.436. The molecular weight excluding hydrogens is 624 g/mol. The van der Waals surface area contributed by atoms with Crippen LogP contribution in [0.4, 0.5) is 5.69 Å². The van der Waals surface area contributed by atoms with Crippen molar-refractivity contribution in [2.75, 3.05) is 11.9 Å². The maximum Gasteiger partial charge on any atom is 0.313 e. The van der Waals surface area contributed by atoms with Gasteiger partial charge >= 0.3 is 11.9 Å². The molecule has 4 aliphatic rings. The summed E-state index contributed by atoms with van der Waals surface area (Å²) in [6.07, 6.45) is 2.04. The molecule has 1 unspecified atom stereocenters. The smallest absolute Gasteiger partial charge is 0.313 e. The average molecular weight is 669 g/mol. The SMILES string of the molecule is CCOC(=O)C[C@@H](C(=O)c1cccc(NC(=O)c2cccc(OCc3ccccc3)c2)c1)[C@H](O)C(N)OC(=O)C12CC3CC(CC(C3)C1)C2. The fourth-order valence-electron chi connectivity index (χ4n) is 8.31. The molecule has 4 saturated carbocycles. The summed E-state index contributed by atoms with van der Waals surface area (Å²) in [6, 6.07) is 22.6. The van der Waals surface area contributed by atoms with Crippen LogP contribution < -0.4 is 15.8 Å².